The number of rotatable bonds is 5. The van der Waals surface area contributed by atoms with Crippen molar-refractivity contribution < 1.29 is 23.9 Å². The number of carbonyl (C=O) groups excluding carboxylic acids is 1. The number of non-ortho nitro benzene ring substituents is 1. The Hall–Kier alpha value is -3.68. The Kier molecular flexibility index (Phi) is 4.66. The van der Waals surface area contributed by atoms with Gasteiger partial charge in [-0.3, -0.25) is 10.1 Å². The van der Waals surface area contributed by atoms with Crippen LogP contribution in [0, 0.1) is 10.1 Å². The zero-order valence-electron chi connectivity index (χ0n) is 14.0. The van der Waals surface area contributed by atoms with E-state index < -0.39 is 10.9 Å². The predicted octanol–water partition coefficient (Wildman–Crippen LogP) is 2.96. The highest BCUT2D eigenvalue weighted by Crippen LogP contribution is 2.28. The lowest BCUT2D eigenvalue weighted by atomic mass is 10.1. The van der Waals surface area contributed by atoms with Gasteiger partial charge in [0.05, 0.1) is 19.1 Å². The van der Waals surface area contributed by atoms with Gasteiger partial charge in [-0.05, 0) is 24.3 Å². The van der Waals surface area contributed by atoms with E-state index in [2.05, 4.69) is 4.99 Å². The Labute approximate surface area is 148 Å². The second-order valence-electron chi connectivity index (χ2n) is 5.25. The molecule has 8 heteroatoms. The van der Waals surface area contributed by atoms with Crippen molar-refractivity contribution in [2.24, 2.45) is 4.99 Å². The van der Waals surface area contributed by atoms with Crippen LogP contribution in [-0.2, 0) is 9.53 Å². The van der Waals surface area contributed by atoms with Crippen LogP contribution in [0.3, 0.4) is 0 Å². The van der Waals surface area contributed by atoms with Crippen LogP contribution in [0.2, 0.25) is 0 Å². The molecule has 132 valence electrons. The summed E-state index contributed by atoms with van der Waals surface area (Å²) < 4.78 is 15.6. The number of nitro benzene ring substituents is 1. The third kappa shape index (κ3) is 3.39. The van der Waals surface area contributed by atoms with E-state index >= 15 is 0 Å². The molecule has 2 aromatic carbocycles. The Morgan fingerprint density at radius 3 is 2.65 bits per heavy atom. The average Bonchev–Trinajstić information content (AvgIpc) is 3.02. The number of methoxy groups -OCH3 is 2. The second-order valence-corrected chi connectivity index (χ2v) is 5.25. The highest BCUT2D eigenvalue weighted by Gasteiger charge is 2.25. The minimum atomic E-state index is -0.649. The van der Waals surface area contributed by atoms with Crippen molar-refractivity contribution in [1.29, 1.82) is 0 Å². The van der Waals surface area contributed by atoms with Gasteiger partial charge in [0.1, 0.15) is 11.5 Å². The number of nitro groups is 1. The third-order valence-corrected chi connectivity index (χ3v) is 3.66. The van der Waals surface area contributed by atoms with E-state index in [9.17, 15) is 14.9 Å². The quantitative estimate of drug-likeness (QED) is 0.354. The molecule has 0 spiro atoms. The van der Waals surface area contributed by atoms with Crippen LogP contribution >= 0.6 is 0 Å². The van der Waals surface area contributed by atoms with Crippen molar-refractivity contribution in [3.8, 4) is 11.5 Å². The van der Waals surface area contributed by atoms with Gasteiger partial charge in [-0.2, -0.15) is 0 Å². The van der Waals surface area contributed by atoms with Gasteiger partial charge < -0.3 is 14.2 Å². The molecule has 26 heavy (non-hydrogen) atoms. The first-order valence-electron chi connectivity index (χ1n) is 7.51. The molecule has 0 aliphatic carbocycles. The third-order valence-electron chi connectivity index (χ3n) is 3.66. The van der Waals surface area contributed by atoms with Gasteiger partial charge in [0.15, 0.2) is 5.70 Å². The van der Waals surface area contributed by atoms with Crippen molar-refractivity contribution in [1.82, 2.24) is 0 Å². The zero-order valence-corrected chi connectivity index (χ0v) is 14.0. The molecular weight excluding hydrogens is 340 g/mol. The van der Waals surface area contributed by atoms with Crippen LogP contribution in [0.5, 0.6) is 11.5 Å². The molecule has 8 nitrogen and oxygen atoms in total. The molecule has 2 aromatic rings. The number of hydrogen-bond acceptors (Lipinski definition) is 7. The van der Waals surface area contributed by atoms with Crippen molar-refractivity contribution >= 4 is 23.6 Å². The maximum atomic E-state index is 12.1. The lowest BCUT2D eigenvalue weighted by molar-refractivity contribution is -0.384. The summed E-state index contributed by atoms with van der Waals surface area (Å²) in [5, 5.41) is 10.9. The molecule has 3 rings (SSSR count). The molecule has 0 atom stereocenters. The Bertz CT molecular complexity index is 948. The molecule has 0 amide bonds. The number of ether oxygens (including phenoxy) is 3. The summed E-state index contributed by atoms with van der Waals surface area (Å²) in [6.07, 6.45) is 1.52. The van der Waals surface area contributed by atoms with Crippen molar-refractivity contribution in [2.75, 3.05) is 14.2 Å². The van der Waals surface area contributed by atoms with Crippen LogP contribution in [0.15, 0.2) is 53.2 Å². The highest BCUT2D eigenvalue weighted by molar-refractivity contribution is 6.13. The van der Waals surface area contributed by atoms with Crippen LogP contribution in [0.4, 0.5) is 5.69 Å². The molecule has 0 radical (unpaired) electrons. The molecule has 0 fully saturated rings. The maximum Gasteiger partial charge on any atom is 0.363 e. The fourth-order valence-electron chi connectivity index (χ4n) is 2.37. The van der Waals surface area contributed by atoms with E-state index in [0.29, 0.717) is 22.6 Å². The maximum absolute atomic E-state index is 12.1. The summed E-state index contributed by atoms with van der Waals surface area (Å²) in [6.45, 7) is 0. The molecule has 0 saturated carbocycles. The molecule has 1 aliphatic rings. The topological polar surface area (TPSA) is 100 Å². The fraction of sp³-hybridized carbons (Fsp3) is 0.111. The molecule has 1 heterocycles. The van der Waals surface area contributed by atoms with Crippen LogP contribution in [0.1, 0.15) is 11.1 Å². The highest BCUT2D eigenvalue weighted by atomic mass is 16.6. The molecule has 1 aliphatic heterocycles. The number of cyclic esters (lactones) is 1. The average molecular weight is 354 g/mol. The number of hydrogen-bond donors (Lipinski definition) is 0. The summed E-state index contributed by atoms with van der Waals surface area (Å²) >= 11 is 0. The Morgan fingerprint density at radius 1 is 1.15 bits per heavy atom. The number of nitrogens with zero attached hydrogens (tertiary/aromatic N) is 2. The van der Waals surface area contributed by atoms with Crippen LogP contribution < -0.4 is 9.47 Å². The number of benzene rings is 2. The minimum absolute atomic E-state index is 0.0115. The van der Waals surface area contributed by atoms with Crippen LogP contribution in [0.25, 0.3) is 6.08 Å². The minimum Gasteiger partial charge on any atom is -0.497 e. The first kappa shape index (κ1) is 17.2. The molecular formula is C18H14N2O6. The first-order valence-corrected chi connectivity index (χ1v) is 7.51. The monoisotopic (exact) mass is 354 g/mol. The summed E-state index contributed by atoms with van der Waals surface area (Å²) in [4.78, 5) is 26.6. The normalized spacial score (nSPS) is 14.8. The zero-order chi connectivity index (χ0) is 18.7. The van der Waals surface area contributed by atoms with E-state index in [4.69, 9.17) is 14.2 Å². The van der Waals surface area contributed by atoms with Gasteiger partial charge >= 0.3 is 5.97 Å². The smallest absolute Gasteiger partial charge is 0.363 e. The molecule has 0 bridgehead atoms. The molecule has 0 N–H and O–H groups in total. The first-order chi connectivity index (χ1) is 12.5. The SMILES string of the molecule is COc1ccc(/C=C2\N=C(c3cccc([N+](=O)[O-])c3)OC2=O)c(OC)c1. The summed E-state index contributed by atoms with van der Waals surface area (Å²) in [6, 6.07) is 10.8. The lowest BCUT2D eigenvalue weighted by Crippen LogP contribution is -2.05. The van der Waals surface area contributed by atoms with E-state index in [1.165, 1.54) is 38.5 Å². The van der Waals surface area contributed by atoms with Gasteiger partial charge in [0, 0.05) is 29.3 Å². The van der Waals surface area contributed by atoms with E-state index in [-0.39, 0.29) is 17.3 Å². The molecule has 0 aromatic heterocycles. The summed E-state index contributed by atoms with van der Waals surface area (Å²) in [5.41, 5.74) is 0.910. The second kappa shape index (κ2) is 7.06. The van der Waals surface area contributed by atoms with Gasteiger partial charge in [-0.15, -0.1) is 0 Å². The van der Waals surface area contributed by atoms with E-state index in [1.807, 2.05) is 0 Å². The summed E-state index contributed by atoms with van der Waals surface area (Å²) in [5.74, 6) is 0.476. The largest absolute Gasteiger partial charge is 0.497 e. The van der Waals surface area contributed by atoms with Gasteiger partial charge in [-0.25, -0.2) is 9.79 Å². The van der Waals surface area contributed by atoms with E-state index in [1.54, 1.807) is 24.3 Å². The Morgan fingerprint density at radius 2 is 1.96 bits per heavy atom. The molecule has 0 unspecified atom stereocenters. The lowest BCUT2D eigenvalue weighted by Gasteiger charge is -2.07. The standard InChI is InChI=1S/C18H14N2O6/c1-24-14-7-6-11(16(10-14)25-2)9-15-18(21)26-17(19-15)12-4-3-5-13(8-12)20(22)23/h3-10H,1-2H3/b15-9-. The van der Waals surface area contributed by atoms with E-state index in [0.717, 1.165) is 0 Å². The van der Waals surface area contributed by atoms with Crippen molar-refractivity contribution in [3.05, 3.63) is 69.4 Å². The Balaban J connectivity index is 1.97. The van der Waals surface area contributed by atoms with Gasteiger partial charge in [0.25, 0.3) is 5.69 Å². The van der Waals surface area contributed by atoms with Gasteiger partial charge in [-0.1, -0.05) is 6.07 Å². The molecule has 0 saturated heterocycles. The number of carbonyl (C=O) groups is 1. The number of aliphatic imine (C=N–C) groups is 1. The van der Waals surface area contributed by atoms with Gasteiger partial charge in [0.2, 0.25) is 5.90 Å². The predicted molar refractivity (Wildman–Crippen MR) is 93.2 cm³/mol. The fourth-order valence-corrected chi connectivity index (χ4v) is 2.37. The number of esters is 1. The summed E-state index contributed by atoms with van der Waals surface area (Å²) in [7, 11) is 3.04. The van der Waals surface area contributed by atoms with Crippen molar-refractivity contribution in [3.63, 3.8) is 0 Å². The van der Waals surface area contributed by atoms with Crippen LogP contribution in [-0.4, -0.2) is 31.0 Å². The van der Waals surface area contributed by atoms with Crippen molar-refractivity contribution in [2.45, 2.75) is 0 Å².